The maximum Gasteiger partial charge on any atom is 0.332 e. The van der Waals surface area contributed by atoms with E-state index in [0.717, 1.165) is 24.1 Å². The van der Waals surface area contributed by atoms with Crippen LogP contribution in [0.5, 0.6) is 0 Å². The number of carboxylic acids is 1. The van der Waals surface area contributed by atoms with Crippen LogP contribution in [0.25, 0.3) is 5.57 Å². The van der Waals surface area contributed by atoms with E-state index >= 15 is 0 Å². The molecule has 4 nitrogen and oxygen atoms in total. The molecule has 0 aromatic heterocycles. The minimum absolute atomic E-state index is 0. The molecule has 0 spiro atoms. The van der Waals surface area contributed by atoms with Crippen molar-refractivity contribution in [3.63, 3.8) is 0 Å². The van der Waals surface area contributed by atoms with Crippen LogP contribution in [0.1, 0.15) is 23.1 Å². The standard InChI is InChI=1S/C23H24FNO3.ClH/c1-17-7-2-3-9-19(17)21(20-10-4-5-11-22(20)24)16-28-14-13-25-12-6-8-18(15-25)23(26)27;/h2-5,7-11,16H,6,12-15H2,1H3,(H,26,27);1H/b21-16+;. The Labute approximate surface area is 176 Å². The number of carboxylic acid groups (broad SMARTS) is 1. The summed E-state index contributed by atoms with van der Waals surface area (Å²) in [6.07, 6.45) is 4.11. The van der Waals surface area contributed by atoms with Gasteiger partial charge in [0.2, 0.25) is 0 Å². The fraction of sp³-hybridized carbons (Fsp3) is 0.261. The number of halogens is 2. The summed E-state index contributed by atoms with van der Waals surface area (Å²) in [5, 5.41) is 9.13. The molecule has 1 aliphatic heterocycles. The normalized spacial score (nSPS) is 14.7. The van der Waals surface area contributed by atoms with E-state index in [0.29, 0.717) is 36.4 Å². The Balaban J connectivity index is 0.00000300. The fourth-order valence-electron chi connectivity index (χ4n) is 3.30. The summed E-state index contributed by atoms with van der Waals surface area (Å²) in [4.78, 5) is 13.2. The zero-order valence-electron chi connectivity index (χ0n) is 16.3. The van der Waals surface area contributed by atoms with Crippen molar-refractivity contribution in [1.29, 1.82) is 0 Å². The van der Waals surface area contributed by atoms with E-state index < -0.39 is 5.97 Å². The van der Waals surface area contributed by atoms with E-state index in [-0.39, 0.29) is 18.2 Å². The van der Waals surface area contributed by atoms with Gasteiger partial charge in [-0.3, -0.25) is 4.90 Å². The van der Waals surface area contributed by atoms with Gasteiger partial charge in [-0.2, -0.15) is 0 Å². The zero-order valence-corrected chi connectivity index (χ0v) is 17.1. The molecule has 3 rings (SSSR count). The molecular weight excluding hydrogens is 393 g/mol. The Hall–Kier alpha value is -2.63. The highest BCUT2D eigenvalue weighted by molar-refractivity contribution is 5.87. The lowest BCUT2D eigenvalue weighted by molar-refractivity contribution is -0.133. The van der Waals surface area contributed by atoms with Crippen LogP contribution in [-0.4, -0.2) is 42.2 Å². The molecule has 2 aromatic rings. The average Bonchev–Trinajstić information content (AvgIpc) is 2.70. The Bertz CT molecular complexity index is 863. The molecule has 1 heterocycles. The summed E-state index contributed by atoms with van der Waals surface area (Å²) in [5.74, 6) is -1.17. The first-order chi connectivity index (χ1) is 13.6. The van der Waals surface area contributed by atoms with Gasteiger partial charge in [0.25, 0.3) is 0 Å². The molecule has 0 saturated carbocycles. The number of ether oxygens (including phenoxy) is 1. The van der Waals surface area contributed by atoms with Crippen LogP contribution in [0.15, 0.2) is 66.4 Å². The van der Waals surface area contributed by atoms with Crippen molar-refractivity contribution in [3.05, 3.63) is 88.9 Å². The summed E-state index contributed by atoms with van der Waals surface area (Å²) >= 11 is 0. The summed E-state index contributed by atoms with van der Waals surface area (Å²) < 4.78 is 20.2. The summed E-state index contributed by atoms with van der Waals surface area (Å²) in [5.41, 5.74) is 3.56. The van der Waals surface area contributed by atoms with Gasteiger partial charge >= 0.3 is 5.97 Å². The van der Waals surface area contributed by atoms with Gasteiger partial charge in [0.05, 0.1) is 6.26 Å². The van der Waals surface area contributed by atoms with Crippen molar-refractivity contribution in [1.82, 2.24) is 4.90 Å². The number of benzene rings is 2. The zero-order chi connectivity index (χ0) is 19.9. The predicted molar refractivity (Wildman–Crippen MR) is 115 cm³/mol. The minimum atomic E-state index is -0.869. The molecule has 0 unspecified atom stereocenters. The van der Waals surface area contributed by atoms with Crippen LogP contribution in [-0.2, 0) is 9.53 Å². The number of aliphatic carboxylic acids is 1. The third-order valence-corrected chi connectivity index (χ3v) is 4.83. The highest BCUT2D eigenvalue weighted by atomic mass is 35.5. The largest absolute Gasteiger partial charge is 0.499 e. The van der Waals surface area contributed by atoms with Gasteiger partial charge in [-0.25, -0.2) is 9.18 Å². The number of nitrogens with zero attached hydrogens (tertiary/aromatic N) is 1. The first-order valence-corrected chi connectivity index (χ1v) is 9.33. The Morgan fingerprint density at radius 1 is 1.17 bits per heavy atom. The molecule has 0 amide bonds. The van der Waals surface area contributed by atoms with E-state index in [2.05, 4.69) is 0 Å². The van der Waals surface area contributed by atoms with Crippen molar-refractivity contribution < 1.29 is 19.0 Å². The van der Waals surface area contributed by atoms with Crippen molar-refractivity contribution >= 4 is 23.9 Å². The van der Waals surface area contributed by atoms with Gasteiger partial charge in [-0.05, 0) is 30.5 Å². The maximum absolute atomic E-state index is 14.4. The Kier molecular flexibility index (Phi) is 8.43. The molecule has 2 aromatic carbocycles. The van der Waals surface area contributed by atoms with E-state index in [1.165, 1.54) is 6.07 Å². The van der Waals surface area contributed by atoms with Crippen molar-refractivity contribution in [2.75, 3.05) is 26.2 Å². The lowest BCUT2D eigenvalue weighted by Gasteiger charge is -2.25. The first-order valence-electron chi connectivity index (χ1n) is 9.33. The monoisotopic (exact) mass is 417 g/mol. The third-order valence-electron chi connectivity index (χ3n) is 4.83. The molecule has 0 saturated heterocycles. The molecule has 29 heavy (non-hydrogen) atoms. The topological polar surface area (TPSA) is 49.8 Å². The van der Waals surface area contributed by atoms with E-state index in [1.54, 1.807) is 30.5 Å². The van der Waals surface area contributed by atoms with E-state index in [4.69, 9.17) is 9.84 Å². The first kappa shape index (κ1) is 22.7. The fourth-order valence-corrected chi connectivity index (χ4v) is 3.30. The second kappa shape index (κ2) is 10.8. The maximum atomic E-state index is 14.4. The number of carbonyl (C=O) groups is 1. The Morgan fingerprint density at radius 2 is 1.86 bits per heavy atom. The molecule has 0 radical (unpaired) electrons. The van der Waals surface area contributed by atoms with Gasteiger partial charge in [-0.1, -0.05) is 48.5 Å². The number of rotatable bonds is 7. The predicted octanol–water partition coefficient (Wildman–Crippen LogP) is 4.68. The number of aryl methyl sites for hydroxylation is 1. The molecule has 0 fully saturated rings. The molecule has 0 bridgehead atoms. The quantitative estimate of drug-likeness (QED) is 0.525. The molecule has 1 N–H and O–H groups in total. The summed E-state index contributed by atoms with van der Waals surface area (Å²) in [6.45, 7) is 4.22. The van der Waals surface area contributed by atoms with Crippen LogP contribution in [0.4, 0.5) is 4.39 Å². The lowest BCUT2D eigenvalue weighted by Crippen LogP contribution is -2.34. The SMILES string of the molecule is Cc1ccccc1/C(=C\OCCN1CCC=C(C(=O)O)C1)c1ccccc1F.Cl. The van der Waals surface area contributed by atoms with E-state index in [9.17, 15) is 9.18 Å². The van der Waals surface area contributed by atoms with Gasteiger partial charge in [0.15, 0.2) is 0 Å². The molecule has 0 aliphatic carbocycles. The van der Waals surface area contributed by atoms with Crippen LogP contribution in [0, 0.1) is 12.7 Å². The van der Waals surface area contributed by atoms with Gasteiger partial charge in [-0.15, -0.1) is 12.4 Å². The van der Waals surface area contributed by atoms with Crippen LogP contribution >= 0.6 is 12.4 Å². The molecular formula is C23H25ClFNO3. The lowest BCUT2D eigenvalue weighted by atomic mass is 9.95. The molecule has 1 aliphatic rings. The van der Waals surface area contributed by atoms with E-state index in [1.807, 2.05) is 36.1 Å². The summed E-state index contributed by atoms with van der Waals surface area (Å²) in [6, 6.07) is 14.5. The molecule has 6 heteroatoms. The molecule has 154 valence electrons. The smallest absolute Gasteiger partial charge is 0.332 e. The van der Waals surface area contributed by atoms with Gasteiger partial charge in [0.1, 0.15) is 12.4 Å². The van der Waals surface area contributed by atoms with Crippen LogP contribution in [0.2, 0.25) is 0 Å². The second-order valence-electron chi connectivity index (χ2n) is 6.80. The minimum Gasteiger partial charge on any atom is -0.499 e. The average molecular weight is 418 g/mol. The van der Waals surface area contributed by atoms with Crippen LogP contribution in [0.3, 0.4) is 0 Å². The Morgan fingerprint density at radius 3 is 2.55 bits per heavy atom. The van der Waals surface area contributed by atoms with Crippen LogP contribution < -0.4 is 0 Å². The number of hydrogen-bond donors (Lipinski definition) is 1. The van der Waals surface area contributed by atoms with Crippen molar-refractivity contribution in [3.8, 4) is 0 Å². The highest BCUT2D eigenvalue weighted by Gasteiger charge is 2.17. The number of hydrogen-bond acceptors (Lipinski definition) is 3. The van der Waals surface area contributed by atoms with Gasteiger partial charge < -0.3 is 9.84 Å². The van der Waals surface area contributed by atoms with Crippen molar-refractivity contribution in [2.45, 2.75) is 13.3 Å². The molecule has 0 atom stereocenters. The van der Waals surface area contributed by atoms with Gasteiger partial charge in [0, 0.05) is 36.3 Å². The highest BCUT2D eigenvalue weighted by Crippen LogP contribution is 2.28. The second-order valence-corrected chi connectivity index (χ2v) is 6.80. The third kappa shape index (κ3) is 5.92. The van der Waals surface area contributed by atoms with Crippen molar-refractivity contribution in [2.24, 2.45) is 0 Å². The summed E-state index contributed by atoms with van der Waals surface area (Å²) in [7, 11) is 0.